The number of rotatable bonds is 6. The fourth-order valence-corrected chi connectivity index (χ4v) is 3.29. The normalized spacial score (nSPS) is 17.2. The fraction of sp³-hybridized carbons (Fsp3) is 0.625. The number of hydrogen-bond donors (Lipinski definition) is 1. The molecule has 112 valence electrons. The summed E-state index contributed by atoms with van der Waals surface area (Å²) in [6.45, 7) is 3.08. The molecule has 1 aliphatic rings. The Balaban J connectivity index is 2.00. The molecule has 1 saturated carbocycles. The maximum absolute atomic E-state index is 6.22. The summed E-state index contributed by atoms with van der Waals surface area (Å²) in [6.07, 6.45) is 5.44. The SMILES string of the molecule is COc1cc(CN[C@@H](C)C2CCCC2)cc(Cl)c1OC. The Morgan fingerprint density at radius 2 is 1.95 bits per heavy atom. The predicted octanol–water partition coefficient (Wildman–Crippen LogP) is 4.03. The van der Waals surface area contributed by atoms with Crippen molar-refractivity contribution in [1.29, 1.82) is 0 Å². The van der Waals surface area contributed by atoms with Gasteiger partial charge >= 0.3 is 0 Å². The molecule has 0 spiro atoms. The molecule has 0 radical (unpaired) electrons. The van der Waals surface area contributed by atoms with Gasteiger partial charge in [0.1, 0.15) is 0 Å². The lowest BCUT2D eigenvalue weighted by atomic mass is 9.99. The summed E-state index contributed by atoms with van der Waals surface area (Å²) in [5.74, 6) is 2.10. The standard InChI is InChI=1S/C16H24ClNO2/c1-11(13-6-4-5-7-13)18-10-12-8-14(17)16(20-3)15(9-12)19-2/h8-9,11,13,18H,4-7,10H2,1-3H3/t11-/m0/s1. The van der Waals surface area contributed by atoms with Crippen molar-refractivity contribution >= 4 is 11.6 Å². The lowest BCUT2D eigenvalue weighted by molar-refractivity contribution is 0.353. The number of methoxy groups -OCH3 is 2. The summed E-state index contributed by atoms with van der Waals surface area (Å²) in [6, 6.07) is 4.47. The molecule has 4 heteroatoms. The van der Waals surface area contributed by atoms with Gasteiger partial charge in [0, 0.05) is 12.6 Å². The molecule has 1 N–H and O–H groups in total. The van der Waals surface area contributed by atoms with Gasteiger partial charge in [-0.2, -0.15) is 0 Å². The van der Waals surface area contributed by atoms with E-state index in [1.165, 1.54) is 25.7 Å². The van der Waals surface area contributed by atoms with E-state index in [-0.39, 0.29) is 0 Å². The van der Waals surface area contributed by atoms with Crippen LogP contribution in [0.5, 0.6) is 11.5 Å². The van der Waals surface area contributed by atoms with E-state index in [2.05, 4.69) is 12.2 Å². The Morgan fingerprint density at radius 3 is 2.55 bits per heavy atom. The highest BCUT2D eigenvalue weighted by molar-refractivity contribution is 6.32. The molecular formula is C16H24ClNO2. The first-order valence-corrected chi connectivity index (χ1v) is 7.67. The molecule has 1 aromatic rings. The van der Waals surface area contributed by atoms with E-state index in [9.17, 15) is 0 Å². The highest BCUT2D eigenvalue weighted by Gasteiger charge is 2.21. The fourth-order valence-electron chi connectivity index (χ4n) is 2.98. The summed E-state index contributed by atoms with van der Waals surface area (Å²) in [7, 11) is 3.23. The second-order valence-electron chi connectivity index (χ2n) is 5.53. The van der Waals surface area contributed by atoms with Crippen molar-refractivity contribution in [3.8, 4) is 11.5 Å². The van der Waals surface area contributed by atoms with Crippen molar-refractivity contribution in [3.05, 3.63) is 22.7 Å². The Labute approximate surface area is 126 Å². The van der Waals surface area contributed by atoms with E-state index in [0.717, 1.165) is 18.0 Å². The minimum atomic E-state index is 0.546. The van der Waals surface area contributed by atoms with Gasteiger partial charge in [-0.15, -0.1) is 0 Å². The van der Waals surface area contributed by atoms with E-state index in [1.54, 1.807) is 14.2 Å². The van der Waals surface area contributed by atoms with Crippen LogP contribution in [0, 0.1) is 5.92 Å². The van der Waals surface area contributed by atoms with Crippen LogP contribution in [0.25, 0.3) is 0 Å². The highest BCUT2D eigenvalue weighted by atomic mass is 35.5. The highest BCUT2D eigenvalue weighted by Crippen LogP contribution is 2.36. The molecule has 3 nitrogen and oxygen atoms in total. The van der Waals surface area contributed by atoms with Crippen LogP contribution >= 0.6 is 11.6 Å². The minimum Gasteiger partial charge on any atom is -0.493 e. The molecule has 0 aliphatic heterocycles. The lowest BCUT2D eigenvalue weighted by Crippen LogP contribution is -2.31. The van der Waals surface area contributed by atoms with Crippen molar-refractivity contribution in [1.82, 2.24) is 5.32 Å². The van der Waals surface area contributed by atoms with Crippen LogP contribution in [0.2, 0.25) is 5.02 Å². The van der Waals surface area contributed by atoms with Crippen LogP contribution in [0.3, 0.4) is 0 Å². The first kappa shape index (κ1) is 15.5. The maximum atomic E-state index is 6.22. The third kappa shape index (κ3) is 3.58. The Bertz CT molecular complexity index is 444. The number of benzene rings is 1. The van der Waals surface area contributed by atoms with Crippen molar-refractivity contribution < 1.29 is 9.47 Å². The lowest BCUT2D eigenvalue weighted by Gasteiger charge is -2.21. The summed E-state index contributed by atoms with van der Waals surface area (Å²) in [5, 5.41) is 4.20. The van der Waals surface area contributed by atoms with Crippen LogP contribution in [0.15, 0.2) is 12.1 Å². The van der Waals surface area contributed by atoms with E-state index >= 15 is 0 Å². The van der Waals surface area contributed by atoms with Crippen molar-refractivity contribution in [2.24, 2.45) is 5.92 Å². The van der Waals surface area contributed by atoms with Gasteiger partial charge in [0.15, 0.2) is 11.5 Å². The van der Waals surface area contributed by atoms with Crippen LogP contribution < -0.4 is 14.8 Å². The monoisotopic (exact) mass is 297 g/mol. The van der Waals surface area contributed by atoms with Gasteiger partial charge in [0.05, 0.1) is 19.2 Å². The molecule has 2 rings (SSSR count). The molecule has 1 aliphatic carbocycles. The van der Waals surface area contributed by atoms with Crippen LogP contribution in [-0.4, -0.2) is 20.3 Å². The third-order valence-electron chi connectivity index (χ3n) is 4.23. The molecule has 0 bridgehead atoms. The molecule has 1 atom stereocenters. The van der Waals surface area contributed by atoms with Crippen LogP contribution in [-0.2, 0) is 6.54 Å². The molecule has 1 fully saturated rings. The molecule has 1 aromatic carbocycles. The zero-order chi connectivity index (χ0) is 14.5. The van der Waals surface area contributed by atoms with Gasteiger partial charge in [0.25, 0.3) is 0 Å². The zero-order valence-electron chi connectivity index (χ0n) is 12.5. The van der Waals surface area contributed by atoms with Gasteiger partial charge in [0.2, 0.25) is 0 Å². The number of nitrogens with one attached hydrogen (secondary N) is 1. The van der Waals surface area contributed by atoms with Crippen LogP contribution in [0.1, 0.15) is 38.2 Å². The van der Waals surface area contributed by atoms with Crippen molar-refractivity contribution in [2.75, 3.05) is 14.2 Å². The average Bonchev–Trinajstić information content (AvgIpc) is 2.98. The number of ether oxygens (including phenoxy) is 2. The first-order chi connectivity index (χ1) is 9.65. The topological polar surface area (TPSA) is 30.5 Å². The molecule has 0 heterocycles. The van der Waals surface area contributed by atoms with Gasteiger partial charge in [-0.1, -0.05) is 24.4 Å². The molecule has 0 unspecified atom stereocenters. The second-order valence-corrected chi connectivity index (χ2v) is 5.93. The summed E-state index contributed by atoms with van der Waals surface area (Å²) in [4.78, 5) is 0. The minimum absolute atomic E-state index is 0.546. The Morgan fingerprint density at radius 1 is 1.25 bits per heavy atom. The number of hydrogen-bond acceptors (Lipinski definition) is 3. The van der Waals surface area contributed by atoms with Gasteiger partial charge in [-0.05, 0) is 43.4 Å². The molecule has 0 amide bonds. The van der Waals surface area contributed by atoms with E-state index < -0.39 is 0 Å². The zero-order valence-corrected chi connectivity index (χ0v) is 13.3. The largest absolute Gasteiger partial charge is 0.493 e. The summed E-state index contributed by atoms with van der Waals surface area (Å²) >= 11 is 6.22. The van der Waals surface area contributed by atoms with Gasteiger partial charge < -0.3 is 14.8 Å². The molecule has 0 saturated heterocycles. The average molecular weight is 298 g/mol. The first-order valence-electron chi connectivity index (χ1n) is 7.29. The van der Waals surface area contributed by atoms with Crippen molar-refractivity contribution in [3.63, 3.8) is 0 Å². The predicted molar refractivity (Wildman–Crippen MR) is 82.8 cm³/mol. The second kappa shape index (κ2) is 7.19. The third-order valence-corrected chi connectivity index (χ3v) is 4.51. The van der Waals surface area contributed by atoms with Crippen molar-refractivity contribution in [2.45, 2.75) is 45.2 Å². The van der Waals surface area contributed by atoms with E-state index in [1.807, 2.05) is 12.1 Å². The van der Waals surface area contributed by atoms with E-state index in [4.69, 9.17) is 21.1 Å². The smallest absolute Gasteiger partial charge is 0.179 e. The molecule has 0 aromatic heterocycles. The maximum Gasteiger partial charge on any atom is 0.179 e. The molecular weight excluding hydrogens is 274 g/mol. The molecule has 20 heavy (non-hydrogen) atoms. The number of halogens is 1. The summed E-state index contributed by atoms with van der Waals surface area (Å²) in [5.41, 5.74) is 1.12. The van der Waals surface area contributed by atoms with Gasteiger partial charge in [-0.3, -0.25) is 0 Å². The van der Waals surface area contributed by atoms with E-state index in [0.29, 0.717) is 22.6 Å². The van der Waals surface area contributed by atoms with Crippen LogP contribution in [0.4, 0.5) is 0 Å². The van der Waals surface area contributed by atoms with Gasteiger partial charge in [-0.25, -0.2) is 0 Å². The Hall–Kier alpha value is -0.930. The quantitative estimate of drug-likeness (QED) is 0.860. The Kier molecular flexibility index (Phi) is 5.55. The summed E-state index contributed by atoms with van der Waals surface area (Å²) < 4.78 is 10.6.